The average molecular weight is 243 g/mol. The fourth-order valence-electron chi connectivity index (χ4n) is 2.33. The van der Waals surface area contributed by atoms with Crippen molar-refractivity contribution in [3.8, 4) is 5.75 Å². The standard InChI is InChI=1S/C14H13NO3/c1-7-4-5-8(2)14-11(7)13(16)12-9(3)18-15-10(12)6-17-14/h4-5H,6H2,1-3H3. The first-order valence-electron chi connectivity index (χ1n) is 5.82. The van der Waals surface area contributed by atoms with Gasteiger partial charge in [-0.1, -0.05) is 17.3 Å². The molecule has 0 unspecified atom stereocenters. The molecular weight excluding hydrogens is 230 g/mol. The number of rotatable bonds is 0. The summed E-state index contributed by atoms with van der Waals surface area (Å²) in [4.78, 5) is 12.6. The molecule has 1 aromatic heterocycles. The molecule has 0 amide bonds. The smallest absolute Gasteiger partial charge is 0.202 e. The summed E-state index contributed by atoms with van der Waals surface area (Å²) in [5.74, 6) is 1.15. The van der Waals surface area contributed by atoms with Crippen LogP contribution in [0.1, 0.15) is 38.5 Å². The molecule has 0 saturated carbocycles. The average Bonchev–Trinajstić information content (AvgIpc) is 2.62. The lowest BCUT2D eigenvalue weighted by Crippen LogP contribution is -2.05. The molecule has 1 aromatic carbocycles. The van der Waals surface area contributed by atoms with Gasteiger partial charge in [0.2, 0.25) is 5.78 Å². The SMILES string of the molecule is Cc1ccc(C)c2c1OCc1noc(C)c1C2=O. The zero-order valence-corrected chi connectivity index (χ0v) is 10.5. The molecule has 4 nitrogen and oxygen atoms in total. The molecule has 92 valence electrons. The third-order valence-corrected chi connectivity index (χ3v) is 3.30. The van der Waals surface area contributed by atoms with Crippen LogP contribution in [0.15, 0.2) is 16.7 Å². The Bertz CT molecular complexity index is 655. The van der Waals surface area contributed by atoms with Gasteiger partial charge < -0.3 is 9.26 Å². The van der Waals surface area contributed by atoms with Gasteiger partial charge in [0.1, 0.15) is 23.8 Å². The normalized spacial score (nSPS) is 13.6. The number of ether oxygens (including phenoxy) is 1. The van der Waals surface area contributed by atoms with Crippen molar-refractivity contribution in [1.82, 2.24) is 5.16 Å². The number of hydrogen-bond donors (Lipinski definition) is 0. The van der Waals surface area contributed by atoms with Crippen LogP contribution >= 0.6 is 0 Å². The fourth-order valence-corrected chi connectivity index (χ4v) is 2.33. The number of benzene rings is 1. The van der Waals surface area contributed by atoms with Gasteiger partial charge in [0.15, 0.2) is 0 Å². The van der Waals surface area contributed by atoms with Crippen molar-refractivity contribution in [3.63, 3.8) is 0 Å². The third-order valence-electron chi connectivity index (χ3n) is 3.30. The molecule has 0 N–H and O–H groups in total. The molecule has 1 aliphatic rings. The van der Waals surface area contributed by atoms with Crippen molar-refractivity contribution in [3.05, 3.63) is 45.8 Å². The Balaban J connectivity index is 2.31. The summed E-state index contributed by atoms with van der Waals surface area (Å²) >= 11 is 0. The molecule has 0 radical (unpaired) electrons. The van der Waals surface area contributed by atoms with Crippen LogP contribution in [0.2, 0.25) is 0 Å². The van der Waals surface area contributed by atoms with E-state index in [2.05, 4.69) is 5.16 Å². The number of aromatic nitrogens is 1. The number of fused-ring (bicyclic) bond motifs is 2. The molecule has 0 saturated heterocycles. The van der Waals surface area contributed by atoms with Crippen molar-refractivity contribution < 1.29 is 14.1 Å². The largest absolute Gasteiger partial charge is 0.486 e. The first-order valence-corrected chi connectivity index (χ1v) is 5.82. The van der Waals surface area contributed by atoms with Crippen molar-refractivity contribution in [2.45, 2.75) is 27.4 Å². The van der Waals surface area contributed by atoms with Gasteiger partial charge in [-0.25, -0.2) is 0 Å². The zero-order valence-electron chi connectivity index (χ0n) is 10.5. The lowest BCUT2D eigenvalue weighted by atomic mass is 9.96. The van der Waals surface area contributed by atoms with E-state index >= 15 is 0 Å². The van der Waals surface area contributed by atoms with E-state index < -0.39 is 0 Å². The fraction of sp³-hybridized carbons (Fsp3) is 0.286. The molecule has 0 spiro atoms. The summed E-state index contributed by atoms with van der Waals surface area (Å²) in [5, 5.41) is 3.89. The van der Waals surface area contributed by atoms with Crippen molar-refractivity contribution in [2.24, 2.45) is 0 Å². The molecule has 2 heterocycles. The molecule has 0 bridgehead atoms. The van der Waals surface area contributed by atoms with Crippen molar-refractivity contribution in [1.29, 1.82) is 0 Å². The number of nitrogens with zero attached hydrogens (tertiary/aromatic N) is 1. The van der Waals surface area contributed by atoms with Crippen molar-refractivity contribution >= 4 is 5.78 Å². The third kappa shape index (κ3) is 1.38. The monoisotopic (exact) mass is 243 g/mol. The van der Waals surface area contributed by atoms with E-state index in [1.54, 1.807) is 6.92 Å². The summed E-state index contributed by atoms with van der Waals surface area (Å²) < 4.78 is 10.8. The van der Waals surface area contributed by atoms with E-state index in [-0.39, 0.29) is 12.4 Å². The highest BCUT2D eigenvalue weighted by molar-refractivity contribution is 6.13. The Morgan fingerprint density at radius 1 is 1.11 bits per heavy atom. The molecule has 1 aliphatic heterocycles. The second kappa shape index (κ2) is 3.70. The Morgan fingerprint density at radius 2 is 1.83 bits per heavy atom. The highest BCUT2D eigenvalue weighted by Gasteiger charge is 2.29. The predicted octanol–water partition coefficient (Wildman–Crippen LogP) is 2.72. The predicted molar refractivity (Wildman–Crippen MR) is 64.9 cm³/mol. The quantitative estimate of drug-likeness (QED) is 0.713. The van der Waals surface area contributed by atoms with Gasteiger partial charge >= 0.3 is 0 Å². The van der Waals surface area contributed by atoms with Gasteiger partial charge in [-0.2, -0.15) is 0 Å². The molecule has 0 fully saturated rings. The summed E-state index contributed by atoms with van der Waals surface area (Å²) in [5.41, 5.74) is 3.62. The van der Waals surface area contributed by atoms with Crippen LogP contribution in [0, 0.1) is 20.8 Å². The zero-order chi connectivity index (χ0) is 12.9. The van der Waals surface area contributed by atoms with E-state index in [0.717, 1.165) is 11.1 Å². The molecular formula is C14H13NO3. The lowest BCUT2D eigenvalue weighted by Gasteiger charge is -2.11. The molecule has 3 rings (SSSR count). The van der Waals surface area contributed by atoms with E-state index in [9.17, 15) is 4.79 Å². The van der Waals surface area contributed by atoms with Crippen LogP contribution in [-0.4, -0.2) is 10.9 Å². The summed E-state index contributed by atoms with van der Waals surface area (Å²) in [7, 11) is 0. The highest BCUT2D eigenvalue weighted by Crippen LogP contribution is 2.34. The minimum absolute atomic E-state index is 0.0579. The number of aryl methyl sites for hydroxylation is 3. The van der Waals surface area contributed by atoms with Gasteiger partial charge in [-0.15, -0.1) is 0 Å². The Kier molecular flexibility index (Phi) is 2.26. The van der Waals surface area contributed by atoms with Crippen molar-refractivity contribution in [2.75, 3.05) is 0 Å². The van der Waals surface area contributed by atoms with E-state index in [1.165, 1.54) is 0 Å². The minimum atomic E-state index is -0.0579. The highest BCUT2D eigenvalue weighted by atomic mass is 16.5. The molecule has 2 aromatic rings. The summed E-state index contributed by atoms with van der Waals surface area (Å²) in [6.45, 7) is 5.87. The molecule has 18 heavy (non-hydrogen) atoms. The number of carbonyl (C=O) groups excluding carboxylic acids is 1. The minimum Gasteiger partial charge on any atom is -0.486 e. The van der Waals surface area contributed by atoms with Crippen LogP contribution in [0.5, 0.6) is 5.75 Å². The van der Waals surface area contributed by atoms with Gasteiger partial charge in [0.25, 0.3) is 0 Å². The van der Waals surface area contributed by atoms with Crippen LogP contribution in [-0.2, 0) is 6.61 Å². The lowest BCUT2D eigenvalue weighted by molar-refractivity contribution is 0.103. The number of hydrogen-bond acceptors (Lipinski definition) is 4. The Hall–Kier alpha value is -2.10. The molecule has 0 atom stereocenters. The second-order valence-electron chi connectivity index (χ2n) is 4.58. The molecule has 0 aliphatic carbocycles. The maximum Gasteiger partial charge on any atom is 0.202 e. The summed E-state index contributed by atoms with van der Waals surface area (Å²) in [6.07, 6.45) is 0. The summed E-state index contributed by atoms with van der Waals surface area (Å²) in [6, 6.07) is 3.89. The first kappa shape index (κ1) is 11.0. The Labute approximate surface area is 105 Å². The van der Waals surface area contributed by atoms with E-state index in [1.807, 2.05) is 26.0 Å². The van der Waals surface area contributed by atoms with Crippen LogP contribution < -0.4 is 4.74 Å². The number of carbonyl (C=O) groups is 1. The van der Waals surface area contributed by atoms with Gasteiger partial charge in [0, 0.05) is 0 Å². The van der Waals surface area contributed by atoms with Gasteiger partial charge in [-0.05, 0) is 31.9 Å². The number of ketones is 1. The van der Waals surface area contributed by atoms with E-state index in [4.69, 9.17) is 9.26 Å². The first-order chi connectivity index (χ1) is 8.59. The van der Waals surface area contributed by atoms with Crippen LogP contribution in [0.3, 0.4) is 0 Å². The second-order valence-corrected chi connectivity index (χ2v) is 4.58. The van der Waals surface area contributed by atoms with Gasteiger partial charge in [0.05, 0.1) is 11.1 Å². The van der Waals surface area contributed by atoms with Crippen LogP contribution in [0.4, 0.5) is 0 Å². The Morgan fingerprint density at radius 3 is 2.61 bits per heavy atom. The van der Waals surface area contributed by atoms with Crippen LogP contribution in [0.25, 0.3) is 0 Å². The topological polar surface area (TPSA) is 52.3 Å². The maximum absolute atomic E-state index is 12.6. The molecule has 4 heteroatoms. The van der Waals surface area contributed by atoms with E-state index in [0.29, 0.717) is 28.3 Å². The maximum atomic E-state index is 12.6. The van der Waals surface area contributed by atoms with Gasteiger partial charge in [-0.3, -0.25) is 4.79 Å².